The normalized spacial score (nSPS) is 23.2. The van der Waals surface area contributed by atoms with E-state index in [4.69, 9.17) is 5.11 Å². The fraction of sp³-hybridized carbons (Fsp3) is 1.00. The SMILES string of the molecule is C[C@H](O)CCN[C@@H](C)C1CC1. The molecule has 0 bridgehead atoms. The Hall–Kier alpha value is -0.0800. The number of nitrogens with one attached hydrogen (secondary N) is 1. The molecule has 2 atom stereocenters. The fourth-order valence-electron chi connectivity index (χ4n) is 1.28. The van der Waals surface area contributed by atoms with E-state index in [9.17, 15) is 0 Å². The van der Waals surface area contributed by atoms with Crippen molar-refractivity contribution in [2.75, 3.05) is 6.54 Å². The van der Waals surface area contributed by atoms with Gasteiger partial charge in [0.05, 0.1) is 6.10 Å². The number of aliphatic hydroxyl groups is 1. The van der Waals surface area contributed by atoms with Crippen LogP contribution in [0.3, 0.4) is 0 Å². The van der Waals surface area contributed by atoms with Crippen molar-refractivity contribution >= 4 is 0 Å². The highest BCUT2D eigenvalue weighted by molar-refractivity contribution is 4.83. The summed E-state index contributed by atoms with van der Waals surface area (Å²) in [6.45, 7) is 5.03. The Morgan fingerprint density at radius 2 is 2.09 bits per heavy atom. The molecule has 0 radical (unpaired) electrons. The Morgan fingerprint density at radius 3 is 2.55 bits per heavy atom. The maximum absolute atomic E-state index is 8.98. The second-order valence-electron chi connectivity index (χ2n) is 3.72. The van der Waals surface area contributed by atoms with Gasteiger partial charge < -0.3 is 10.4 Å². The topological polar surface area (TPSA) is 32.3 Å². The number of hydrogen-bond donors (Lipinski definition) is 2. The Balaban J connectivity index is 1.93. The highest BCUT2D eigenvalue weighted by Gasteiger charge is 2.27. The van der Waals surface area contributed by atoms with Crippen LogP contribution in [0, 0.1) is 5.92 Å². The average molecular weight is 157 g/mol. The molecule has 2 heteroatoms. The van der Waals surface area contributed by atoms with Crippen LogP contribution < -0.4 is 5.32 Å². The van der Waals surface area contributed by atoms with Gasteiger partial charge in [-0.3, -0.25) is 0 Å². The van der Waals surface area contributed by atoms with Crippen LogP contribution in [0.4, 0.5) is 0 Å². The summed E-state index contributed by atoms with van der Waals surface area (Å²) in [5.74, 6) is 0.920. The van der Waals surface area contributed by atoms with E-state index in [-0.39, 0.29) is 6.10 Å². The predicted octanol–water partition coefficient (Wildman–Crippen LogP) is 1.15. The highest BCUT2D eigenvalue weighted by atomic mass is 16.3. The lowest BCUT2D eigenvalue weighted by atomic mass is 10.2. The van der Waals surface area contributed by atoms with Gasteiger partial charge >= 0.3 is 0 Å². The minimum atomic E-state index is -0.158. The molecular formula is C9H19NO. The summed E-state index contributed by atoms with van der Waals surface area (Å²) in [6.07, 6.45) is 3.50. The van der Waals surface area contributed by atoms with E-state index in [1.807, 2.05) is 6.92 Å². The second-order valence-corrected chi connectivity index (χ2v) is 3.72. The van der Waals surface area contributed by atoms with Crippen molar-refractivity contribution in [3.63, 3.8) is 0 Å². The summed E-state index contributed by atoms with van der Waals surface area (Å²) in [4.78, 5) is 0. The fourth-order valence-corrected chi connectivity index (χ4v) is 1.28. The standard InChI is InChI=1S/C9H19NO/c1-7(11)5-6-10-8(2)9-3-4-9/h7-11H,3-6H2,1-2H3/t7-,8-/m0/s1. The zero-order chi connectivity index (χ0) is 8.27. The first kappa shape index (κ1) is 9.01. The lowest BCUT2D eigenvalue weighted by Gasteiger charge is -2.12. The molecule has 2 nitrogen and oxygen atoms in total. The first-order valence-electron chi connectivity index (χ1n) is 4.61. The molecule has 0 aromatic heterocycles. The second kappa shape index (κ2) is 4.07. The van der Waals surface area contributed by atoms with Gasteiger partial charge in [0, 0.05) is 6.04 Å². The van der Waals surface area contributed by atoms with Crippen LogP contribution in [0.15, 0.2) is 0 Å². The molecule has 66 valence electrons. The van der Waals surface area contributed by atoms with E-state index in [0.717, 1.165) is 18.9 Å². The van der Waals surface area contributed by atoms with Gasteiger partial charge in [0.1, 0.15) is 0 Å². The molecule has 1 rings (SSSR count). The van der Waals surface area contributed by atoms with Gasteiger partial charge in [-0.2, -0.15) is 0 Å². The van der Waals surface area contributed by atoms with E-state index in [0.29, 0.717) is 6.04 Å². The van der Waals surface area contributed by atoms with Gasteiger partial charge in [-0.1, -0.05) is 0 Å². The smallest absolute Gasteiger partial charge is 0.0524 e. The molecule has 1 aliphatic rings. The van der Waals surface area contributed by atoms with Crippen LogP contribution in [-0.4, -0.2) is 23.8 Å². The summed E-state index contributed by atoms with van der Waals surface area (Å²) < 4.78 is 0. The number of rotatable bonds is 5. The summed E-state index contributed by atoms with van der Waals surface area (Å²) in [7, 11) is 0. The van der Waals surface area contributed by atoms with Crippen molar-refractivity contribution in [1.82, 2.24) is 5.32 Å². The van der Waals surface area contributed by atoms with Gasteiger partial charge in [0.25, 0.3) is 0 Å². The molecule has 0 aromatic carbocycles. The van der Waals surface area contributed by atoms with Crippen LogP contribution in [-0.2, 0) is 0 Å². The molecule has 1 aliphatic carbocycles. The van der Waals surface area contributed by atoms with E-state index in [1.165, 1.54) is 12.8 Å². The van der Waals surface area contributed by atoms with E-state index in [1.54, 1.807) is 0 Å². The molecule has 0 heterocycles. The quantitative estimate of drug-likeness (QED) is 0.627. The van der Waals surface area contributed by atoms with Crippen molar-refractivity contribution in [3.8, 4) is 0 Å². The third-order valence-electron chi connectivity index (χ3n) is 2.36. The van der Waals surface area contributed by atoms with Crippen LogP contribution in [0.25, 0.3) is 0 Å². The molecule has 11 heavy (non-hydrogen) atoms. The number of aliphatic hydroxyl groups excluding tert-OH is 1. The maximum Gasteiger partial charge on any atom is 0.0524 e. The maximum atomic E-state index is 8.98. The van der Waals surface area contributed by atoms with E-state index >= 15 is 0 Å². The highest BCUT2D eigenvalue weighted by Crippen LogP contribution is 2.32. The molecule has 0 aliphatic heterocycles. The predicted molar refractivity (Wildman–Crippen MR) is 46.5 cm³/mol. The first-order chi connectivity index (χ1) is 5.20. The molecule has 0 amide bonds. The Bertz CT molecular complexity index is 110. The molecule has 0 saturated heterocycles. The minimum absolute atomic E-state index is 0.158. The lowest BCUT2D eigenvalue weighted by molar-refractivity contribution is 0.182. The van der Waals surface area contributed by atoms with Crippen LogP contribution in [0.2, 0.25) is 0 Å². The van der Waals surface area contributed by atoms with Crippen molar-refractivity contribution in [1.29, 1.82) is 0 Å². The zero-order valence-electron chi connectivity index (χ0n) is 7.51. The Morgan fingerprint density at radius 1 is 1.45 bits per heavy atom. The van der Waals surface area contributed by atoms with Crippen LogP contribution >= 0.6 is 0 Å². The van der Waals surface area contributed by atoms with Gasteiger partial charge in [0.15, 0.2) is 0 Å². The summed E-state index contributed by atoms with van der Waals surface area (Å²) >= 11 is 0. The first-order valence-corrected chi connectivity index (χ1v) is 4.61. The molecule has 0 unspecified atom stereocenters. The van der Waals surface area contributed by atoms with Gasteiger partial charge in [-0.05, 0) is 45.6 Å². The third kappa shape index (κ3) is 3.73. The summed E-state index contributed by atoms with van der Waals surface area (Å²) in [6, 6.07) is 0.661. The molecular weight excluding hydrogens is 138 g/mol. The van der Waals surface area contributed by atoms with Gasteiger partial charge in [0.2, 0.25) is 0 Å². The molecule has 2 N–H and O–H groups in total. The largest absolute Gasteiger partial charge is 0.393 e. The van der Waals surface area contributed by atoms with Gasteiger partial charge in [-0.15, -0.1) is 0 Å². The lowest BCUT2D eigenvalue weighted by Crippen LogP contribution is -2.30. The van der Waals surface area contributed by atoms with Crippen molar-refractivity contribution in [2.24, 2.45) is 5.92 Å². The van der Waals surface area contributed by atoms with Gasteiger partial charge in [-0.25, -0.2) is 0 Å². The van der Waals surface area contributed by atoms with E-state index in [2.05, 4.69) is 12.2 Å². The average Bonchev–Trinajstić information content (AvgIpc) is 2.66. The zero-order valence-corrected chi connectivity index (χ0v) is 7.51. The molecule has 0 aromatic rings. The monoisotopic (exact) mass is 157 g/mol. The molecule has 1 fully saturated rings. The third-order valence-corrected chi connectivity index (χ3v) is 2.36. The Kier molecular flexibility index (Phi) is 3.34. The van der Waals surface area contributed by atoms with E-state index < -0.39 is 0 Å². The van der Waals surface area contributed by atoms with Crippen molar-refractivity contribution in [2.45, 2.75) is 45.3 Å². The summed E-state index contributed by atoms with van der Waals surface area (Å²) in [5.41, 5.74) is 0. The minimum Gasteiger partial charge on any atom is -0.393 e. The summed E-state index contributed by atoms with van der Waals surface area (Å²) in [5, 5.41) is 12.4. The van der Waals surface area contributed by atoms with Crippen LogP contribution in [0.5, 0.6) is 0 Å². The van der Waals surface area contributed by atoms with Crippen molar-refractivity contribution in [3.05, 3.63) is 0 Å². The molecule has 1 saturated carbocycles. The molecule has 0 spiro atoms. The number of hydrogen-bond acceptors (Lipinski definition) is 2. The Labute approximate surface area is 69.0 Å². The van der Waals surface area contributed by atoms with Crippen molar-refractivity contribution < 1.29 is 5.11 Å². The van der Waals surface area contributed by atoms with Crippen LogP contribution in [0.1, 0.15) is 33.1 Å².